The highest BCUT2D eigenvalue weighted by Crippen LogP contribution is 2.19. The normalized spacial score (nSPS) is 20.1. The third kappa shape index (κ3) is 4.07. The van der Waals surface area contributed by atoms with Crippen molar-refractivity contribution in [1.82, 2.24) is 15.0 Å². The van der Waals surface area contributed by atoms with Crippen LogP contribution in [0.2, 0.25) is 0 Å². The highest BCUT2D eigenvalue weighted by Gasteiger charge is 2.20. The van der Waals surface area contributed by atoms with Gasteiger partial charge in [0, 0.05) is 25.6 Å². The van der Waals surface area contributed by atoms with E-state index in [0.717, 1.165) is 24.4 Å². The third-order valence-electron chi connectivity index (χ3n) is 4.11. The molecule has 1 aromatic rings. The number of aromatic nitrogens is 1. The summed E-state index contributed by atoms with van der Waals surface area (Å²) in [6.45, 7) is 3.54. The molecule has 112 valence electrons. The maximum atomic E-state index is 12.1. The number of rotatable bonds is 5. The molecule has 0 aromatic carbocycles. The molecule has 0 N–H and O–H groups in total. The quantitative estimate of drug-likeness (QED) is 0.829. The van der Waals surface area contributed by atoms with Crippen LogP contribution in [0.4, 0.5) is 0 Å². The number of nitrogens with zero attached hydrogens (tertiary/aromatic N) is 3. The summed E-state index contributed by atoms with van der Waals surface area (Å²) in [5.41, 5.74) is 0.852. The molecular formula is C15H25N3O2. The predicted octanol–water partition coefficient (Wildman–Crippen LogP) is 2.21. The van der Waals surface area contributed by atoms with Gasteiger partial charge in [-0.1, -0.05) is 11.6 Å². The maximum Gasteiger partial charge on any atom is 0.222 e. The van der Waals surface area contributed by atoms with E-state index in [-0.39, 0.29) is 5.91 Å². The maximum absolute atomic E-state index is 12.1. The van der Waals surface area contributed by atoms with Crippen LogP contribution < -0.4 is 0 Å². The Bertz CT molecular complexity index is 444. The Labute approximate surface area is 120 Å². The second kappa shape index (κ2) is 6.88. The highest BCUT2D eigenvalue weighted by molar-refractivity contribution is 5.75. The van der Waals surface area contributed by atoms with E-state index >= 15 is 0 Å². The zero-order valence-corrected chi connectivity index (χ0v) is 12.8. The standard InChI is InChI=1S/C15H25N3O2/c1-12-10-14(20-16-12)11-18(3)15(19)8-7-13-6-4-5-9-17(13)2/h10,13H,4-9,11H2,1-3H3/t13-/m0/s1. The summed E-state index contributed by atoms with van der Waals surface area (Å²) in [4.78, 5) is 16.3. The van der Waals surface area contributed by atoms with Gasteiger partial charge in [-0.2, -0.15) is 0 Å². The summed E-state index contributed by atoms with van der Waals surface area (Å²) in [6.07, 6.45) is 5.35. The molecule has 0 saturated carbocycles. The first-order valence-corrected chi connectivity index (χ1v) is 7.42. The summed E-state index contributed by atoms with van der Waals surface area (Å²) in [5, 5.41) is 3.84. The minimum absolute atomic E-state index is 0.179. The molecule has 1 aromatic heterocycles. The topological polar surface area (TPSA) is 49.6 Å². The van der Waals surface area contributed by atoms with Gasteiger partial charge < -0.3 is 14.3 Å². The molecule has 1 fully saturated rings. The van der Waals surface area contributed by atoms with Crippen molar-refractivity contribution in [2.45, 2.75) is 51.6 Å². The fraction of sp³-hybridized carbons (Fsp3) is 0.733. The molecule has 5 nitrogen and oxygen atoms in total. The van der Waals surface area contributed by atoms with Gasteiger partial charge in [-0.25, -0.2) is 0 Å². The van der Waals surface area contributed by atoms with E-state index in [1.165, 1.54) is 19.3 Å². The van der Waals surface area contributed by atoms with Crippen molar-refractivity contribution in [3.63, 3.8) is 0 Å². The summed E-state index contributed by atoms with van der Waals surface area (Å²) < 4.78 is 5.14. The molecule has 1 amide bonds. The molecule has 0 bridgehead atoms. The van der Waals surface area contributed by atoms with Gasteiger partial charge in [0.15, 0.2) is 5.76 Å². The van der Waals surface area contributed by atoms with Crippen molar-refractivity contribution in [2.75, 3.05) is 20.6 Å². The molecule has 0 spiro atoms. The molecule has 0 aliphatic carbocycles. The molecule has 1 saturated heterocycles. The van der Waals surface area contributed by atoms with E-state index in [9.17, 15) is 4.79 Å². The molecule has 5 heteroatoms. The average Bonchev–Trinajstić information content (AvgIpc) is 2.82. The van der Waals surface area contributed by atoms with E-state index in [1.807, 2.05) is 20.0 Å². The van der Waals surface area contributed by atoms with Crippen LogP contribution >= 0.6 is 0 Å². The first kappa shape index (κ1) is 15.0. The van der Waals surface area contributed by atoms with E-state index in [2.05, 4.69) is 17.1 Å². The molecule has 0 radical (unpaired) electrons. The van der Waals surface area contributed by atoms with E-state index < -0.39 is 0 Å². The zero-order valence-electron chi connectivity index (χ0n) is 12.8. The average molecular weight is 279 g/mol. The van der Waals surface area contributed by atoms with Crippen molar-refractivity contribution in [3.05, 3.63) is 17.5 Å². The molecular weight excluding hydrogens is 254 g/mol. The first-order valence-electron chi connectivity index (χ1n) is 7.42. The van der Waals surface area contributed by atoms with Crippen molar-refractivity contribution < 1.29 is 9.32 Å². The smallest absolute Gasteiger partial charge is 0.222 e. The van der Waals surface area contributed by atoms with Gasteiger partial charge in [0.2, 0.25) is 5.91 Å². The molecule has 0 unspecified atom stereocenters. The third-order valence-corrected chi connectivity index (χ3v) is 4.11. The van der Waals surface area contributed by atoms with Crippen LogP contribution in [0.25, 0.3) is 0 Å². The minimum Gasteiger partial charge on any atom is -0.359 e. The summed E-state index contributed by atoms with van der Waals surface area (Å²) in [6, 6.07) is 2.44. The minimum atomic E-state index is 0.179. The largest absolute Gasteiger partial charge is 0.359 e. The van der Waals surface area contributed by atoms with Gasteiger partial charge in [-0.15, -0.1) is 0 Å². The Balaban J connectivity index is 1.76. The summed E-state index contributed by atoms with van der Waals surface area (Å²) in [7, 11) is 3.99. The fourth-order valence-electron chi connectivity index (χ4n) is 2.80. The summed E-state index contributed by atoms with van der Waals surface area (Å²) >= 11 is 0. The number of hydrogen-bond acceptors (Lipinski definition) is 4. The van der Waals surface area contributed by atoms with Gasteiger partial charge in [0.05, 0.1) is 12.2 Å². The van der Waals surface area contributed by atoms with E-state index in [4.69, 9.17) is 4.52 Å². The monoisotopic (exact) mass is 279 g/mol. The van der Waals surface area contributed by atoms with Crippen molar-refractivity contribution in [2.24, 2.45) is 0 Å². The number of amides is 1. The van der Waals surface area contributed by atoms with Crippen LogP contribution in [0.1, 0.15) is 43.6 Å². The van der Waals surface area contributed by atoms with Crippen LogP contribution in [-0.2, 0) is 11.3 Å². The van der Waals surface area contributed by atoms with Crippen molar-refractivity contribution in [3.8, 4) is 0 Å². The lowest BCUT2D eigenvalue weighted by atomic mass is 9.98. The van der Waals surface area contributed by atoms with Gasteiger partial charge in [0.1, 0.15) is 0 Å². The molecule has 1 aliphatic heterocycles. The highest BCUT2D eigenvalue weighted by atomic mass is 16.5. The number of likely N-dealkylation sites (tertiary alicyclic amines) is 1. The first-order chi connectivity index (χ1) is 9.56. The SMILES string of the molecule is Cc1cc(CN(C)C(=O)CC[C@@H]2CCCCN2C)on1. The van der Waals surface area contributed by atoms with E-state index in [1.54, 1.807) is 4.90 Å². The van der Waals surface area contributed by atoms with Gasteiger partial charge in [-0.3, -0.25) is 4.79 Å². The van der Waals surface area contributed by atoms with Crippen molar-refractivity contribution >= 4 is 5.91 Å². The van der Waals surface area contributed by atoms with Crippen molar-refractivity contribution in [1.29, 1.82) is 0 Å². The lowest BCUT2D eigenvalue weighted by Crippen LogP contribution is -2.37. The Morgan fingerprint density at radius 2 is 2.35 bits per heavy atom. The second-order valence-corrected chi connectivity index (χ2v) is 5.85. The molecule has 1 atom stereocenters. The van der Waals surface area contributed by atoms with Gasteiger partial charge in [0.25, 0.3) is 0 Å². The number of carbonyl (C=O) groups is 1. The van der Waals surface area contributed by atoms with Crippen LogP contribution in [0.3, 0.4) is 0 Å². The van der Waals surface area contributed by atoms with Crippen LogP contribution in [0, 0.1) is 6.92 Å². The summed E-state index contributed by atoms with van der Waals surface area (Å²) in [5.74, 6) is 0.922. The molecule has 2 rings (SSSR count). The number of aryl methyl sites for hydroxylation is 1. The molecule has 2 heterocycles. The Kier molecular flexibility index (Phi) is 5.17. The predicted molar refractivity (Wildman–Crippen MR) is 77.2 cm³/mol. The Hall–Kier alpha value is -1.36. The lowest BCUT2D eigenvalue weighted by Gasteiger charge is -2.32. The number of carbonyl (C=O) groups excluding carboxylic acids is 1. The number of piperidine rings is 1. The zero-order chi connectivity index (χ0) is 14.5. The lowest BCUT2D eigenvalue weighted by molar-refractivity contribution is -0.131. The number of hydrogen-bond donors (Lipinski definition) is 0. The Morgan fingerprint density at radius 1 is 1.55 bits per heavy atom. The fourth-order valence-corrected chi connectivity index (χ4v) is 2.80. The van der Waals surface area contributed by atoms with Gasteiger partial charge >= 0.3 is 0 Å². The molecule has 1 aliphatic rings. The second-order valence-electron chi connectivity index (χ2n) is 5.85. The van der Waals surface area contributed by atoms with Gasteiger partial charge in [-0.05, 0) is 39.8 Å². The van der Waals surface area contributed by atoms with Crippen LogP contribution in [-0.4, -0.2) is 47.5 Å². The van der Waals surface area contributed by atoms with Crippen LogP contribution in [0.15, 0.2) is 10.6 Å². The van der Waals surface area contributed by atoms with E-state index in [0.29, 0.717) is 19.0 Å². The molecule has 20 heavy (non-hydrogen) atoms. The van der Waals surface area contributed by atoms with Crippen LogP contribution in [0.5, 0.6) is 0 Å². The Morgan fingerprint density at radius 3 is 3.00 bits per heavy atom.